The van der Waals surface area contributed by atoms with Gasteiger partial charge >= 0.3 is 5.97 Å². The first-order valence-electron chi connectivity index (χ1n) is 8.44. The molecule has 2 N–H and O–H groups in total. The van der Waals surface area contributed by atoms with Crippen molar-refractivity contribution in [1.82, 2.24) is 0 Å². The molecule has 2 heterocycles. The summed E-state index contributed by atoms with van der Waals surface area (Å²) in [5, 5.41) is 3.80. The molecule has 1 aliphatic carbocycles. The predicted molar refractivity (Wildman–Crippen MR) is 95.6 cm³/mol. The lowest BCUT2D eigenvalue weighted by atomic mass is 9.92. The molecular weight excluding hydrogens is 340 g/mol. The quantitative estimate of drug-likeness (QED) is 0.375. The summed E-state index contributed by atoms with van der Waals surface area (Å²) in [4.78, 5) is 31.2. The third-order valence-electron chi connectivity index (χ3n) is 4.48. The van der Waals surface area contributed by atoms with Gasteiger partial charge in [0.25, 0.3) is 0 Å². The lowest BCUT2D eigenvalue weighted by Crippen LogP contribution is -2.24. The lowest BCUT2D eigenvalue weighted by molar-refractivity contribution is -0.116. The minimum atomic E-state index is -0.648. The van der Waals surface area contributed by atoms with Gasteiger partial charge in [-0.1, -0.05) is 5.16 Å². The van der Waals surface area contributed by atoms with Gasteiger partial charge in [0.15, 0.2) is 0 Å². The Labute approximate surface area is 151 Å². The van der Waals surface area contributed by atoms with Crippen LogP contribution in [0.2, 0.25) is 0 Å². The molecule has 0 bridgehead atoms. The van der Waals surface area contributed by atoms with Crippen LogP contribution in [-0.2, 0) is 32.0 Å². The van der Waals surface area contributed by atoms with Crippen molar-refractivity contribution < 1.29 is 19.2 Å². The highest BCUT2D eigenvalue weighted by Gasteiger charge is 2.49. The van der Waals surface area contributed by atoms with Crippen LogP contribution >= 0.6 is 11.3 Å². The Kier molecular flexibility index (Phi) is 4.28. The molecule has 0 atom stereocenters. The standard InChI is InChI=1S/C18H24N2O4S/c1-9(21)8-11-12(16(22)23-20-15(19)10-6-7-10)13-14(25-11)18(4,5)24-17(13,2)3/h10H,6-8H2,1-5H3,(H2,19,20). The highest BCUT2D eigenvalue weighted by molar-refractivity contribution is 7.12. The zero-order valence-electron chi connectivity index (χ0n) is 15.3. The summed E-state index contributed by atoms with van der Waals surface area (Å²) in [6, 6.07) is 0. The van der Waals surface area contributed by atoms with E-state index in [1.54, 1.807) is 0 Å². The Balaban J connectivity index is 2.03. The van der Waals surface area contributed by atoms with Gasteiger partial charge < -0.3 is 15.3 Å². The molecular formula is C18H24N2O4S. The van der Waals surface area contributed by atoms with Gasteiger partial charge in [-0.05, 0) is 47.5 Å². The SMILES string of the molecule is CC(=O)Cc1sc2c(c1C(=O)O/N=C(\N)C1CC1)C(C)(C)OC2(C)C. The maximum absolute atomic E-state index is 12.8. The van der Waals surface area contributed by atoms with Crippen molar-refractivity contribution in [3.63, 3.8) is 0 Å². The van der Waals surface area contributed by atoms with E-state index in [4.69, 9.17) is 15.3 Å². The van der Waals surface area contributed by atoms with Gasteiger partial charge in [-0.25, -0.2) is 4.79 Å². The third kappa shape index (κ3) is 3.35. The van der Waals surface area contributed by atoms with Crippen molar-refractivity contribution in [2.45, 2.75) is 65.1 Å². The first-order valence-corrected chi connectivity index (χ1v) is 9.25. The Morgan fingerprint density at radius 2 is 1.92 bits per heavy atom. The normalized spacial score (nSPS) is 21.1. The number of oxime groups is 1. The number of fused-ring (bicyclic) bond motifs is 1. The van der Waals surface area contributed by atoms with Crippen LogP contribution in [-0.4, -0.2) is 17.6 Å². The maximum atomic E-state index is 12.8. The van der Waals surface area contributed by atoms with E-state index in [0.29, 0.717) is 16.3 Å². The monoisotopic (exact) mass is 364 g/mol. The van der Waals surface area contributed by atoms with Crippen molar-refractivity contribution in [2.24, 2.45) is 16.8 Å². The van der Waals surface area contributed by atoms with E-state index >= 15 is 0 Å². The average molecular weight is 364 g/mol. The first kappa shape index (κ1) is 18.1. The summed E-state index contributed by atoms with van der Waals surface area (Å²) in [5.41, 5.74) is 5.83. The van der Waals surface area contributed by atoms with Gasteiger partial charge in [-0.3, -0.25) is 4.79 Å². The average Bonchev–Trinajstić information content (AvgIpc) is 3.20. The number of Topliss-reactive ketones (excluding diaryl/α,β-unsaturated/α-hetero) is 1. The van der Waals surface area contributed by atoms with Crippen LogP contribution in [0.3, 0.4) is 0 Å². The number of hydrogen-bond acceptors (Lipinski definition) is 6. The van der Waals surface area contributed by atoms with E-state index < -0.39 is 17.2 Å². The molecule has 2 aliphatic rings. The van der Waals surface area contributed by atoms with Crippen LogP contribution in [0.25, 0.3) is 0 Å². The number of nitrogens with zero attached hydrogens (tertiary/aromatic N) is 1. The molecule has 1 saturated carbocycles. The maximum Gasteiger partial charge on any atom is 0.367 e. The highest BCUT2D eigenvalue weighted by Crippen LogP contribution is 2.53. The number of ketones is 1. The van der Waals surface area contributed by atoms with Crippen LogP contribution in [0.15, 0.2) is 5.16 Å². The molecule has 3 rings (SSSR count). The molecule has 0 saturated heterocycles. The van der Waals surface area contributed by atoms with Gasteiger partial charge in [0.1, 0.15) is 11.6 Å². The molecule has 0 amide bonds. The summed E-state index contributed by atoms with van der Waals surface area (Å²) < 4.78 is 6.13. The van der Waals surface area contributed by atoms with Gasteiger partial charge in [-0.2, -0.15) is 0 Å². The minimum absolute atomic E-state index is 0.00787. The Hall–Kier alpha value is -1.73. The van der Waals surface area contributed by atoms with Crippen LogP contribution in [0.5, 0.6) is 0 Å². The van der Waals surface area contributed by atoms with Crippen molar-refractivity contribution in [2.75, 3.05) is 0 Å². The fourth-order valence-electron chi connectivity index (χ4n) is 3.37. The lowest BCUT2D eigenvalue weighted by Gasteiger charge is -2.26. The molecule has 1 aromatic rings. The summed E-state index contributed by atoms with van der Waals surface area (Å²) >= 11 is 1.44. The molecule has 7 heteroatoms. The van der Waals surface area contributed by atoms with E-state index in [9.17, 15) is 9.59 Å². The van der Waals surface area contributed by atoms with Crippen molar-refractivity contribution >= 4 is 28.9 Å². The summed E-state index contributed by atoms with van der Waals surface area (Å²) in [6.45, 7) is 9.28. The third-order valence-corrected chi connectivity index (χ3v) is 5.98. The molecule has 136 valence electrons. The number of ether oxygens (including phenoxy) is 1. The van der Waals surface area contributed by atoms with Gasteiger partial charge in [0.05, 0.1) is 16.8 Å². The topological polar surface area (TPSA) is 91.0 Å². The smallest absolute Gasteiger partial charge is 0.367 e. The van der Waals surface area contributed by atoms with Crippen LogP contribution < -0.4 is 5.73 Å². The minimum Gasteiger partial charge on any atom is -0.384 e. The van der Waals surface area contributed by atoms with Crippen molar-refractivity contribution in [3.8, 4) is 0 Å². The molecule has 25 heavy (non-hydrogen) atoms. The number of carbonyl (C=O) groups excluding carboxylic acids is 2. The molecule has 0 aromatic carbocycles. The molecule has 6 nitrogen and oxygen atoms in total. The van der Waals surface area contributed by atoms with E-state index in [1.807, 2.05) is 27.7 Å². The van der Waals surface area contributed by atoms with E-state index in [0.717, 1.165) is 23.3 Å². The zero-order valence-corrected chi connectivity index (χ0v) is 16.1. The van der Waals surface area contributed by atoms with Gasteiger partial charge in [0.2, 0.25) is 0 Å². The molecule has 1 aromatic heterocycles. The predicted octanol–water partition coefficient (Wildman–Crippen LogP) is 3.22. The fraction of sp³-hybridized carbons (Fsp3) is 0.611. The molecule has 1 aliphatic heterocycles. The summed E-state index contributed by atoms with van der Waals surface area (Å²) in [6.07, 6.45) is 2.15. The molecule has 0 radical (unpaired) electrons. The summed E-state index contributed by atoms with van der Waals surface area (Å²) in [5.74, 6) is -0.0150. The van der Waals surface area contributed by atoms with Crippen molar-refractivity contribution in [3.05, 3.63) is 20.9 Å². The number of thiophene rings is 1. The highest BCUT2D eigenvalue weighted by atomic mass is 32.1. The van der Waals surface area contributed by atoms with E-state index in [1.165, 1.54) is 18.3 Å². The fourth-order valence-corrected chi connectivity index (χ4v) is 4.92. The number of amidine groups is 1. The molecule has 1 fully saturated rings. The second-order valence-corrected chi connectivity index (χ2v) is 8.88. The number of rotatable bonds is 5. The van der Waals surface area contributed by atoms with Gasteiger partial charge in [0, 0.05) is 27.7 Å². The Morgan fingerprint density at radius 3 is 2.48 bits per heavy atom. The van der Waals surface area contributed by atoms with Crippen LogP contribution in [0.4, 0.5) is 0 Å². The van der Waals surface area contributed by atoms with E-state index in [2.05, 4.69) is 5.16 Å². The number of nitrogens with two attached hydrogens (primary N) is 1. The second-order valence-electron chi connectivity index (χ2n) is 7.78. The summed E-state index contributed by atoms with van der Waals surface area (Å²) in [7, 11) is 0. The zero-order chi connectivity index (χ0) is 18.6. The Bertz CT molecular complexity index is 772. The molecule has 0 unspecified atom stereocenters. The number of carbonyl (C=O) groups is 2. The second kappa shape index (κ2) is 5.92. The Morgan fingerprint density at radius 1 is 1.28 bits per heavy atom. The largest absolute Gasteiger partial charge is 0.384 e. The van der Waals surface area contributed by atoms with Crippen LogP contribution in [0, 0.1) is 5.92 Å². The van der Waals surface area contributed by atoms with Gasteiger partial charge in [-0.15, -0.1) is 11.3 Å². The van der Waals surface area contributed by atoms with E-state index in [-0.39, 0.29) is 18.1 Å². The van der Waals surface area contributed by atoms with Crippen molar-refractivity contribution in [1.29, 1.82) is 0 Å². The number of hydrogen-bond donors (Lipinski definition) is 1. The van der Waals surface area contributed by atoms with Crippen LogP contribution in [0.1, 0.15) is 73.1 Å². The first-order chi connectivity index (χ1) is 11.5. The molecule has 0 spiro atoms.